The molecule has 2 aromatic carbocycles. The van der Waals surface area contributed by atoms with Gasteiger partial charge in [-0.25, -0.2) is 4.98 Å². The number of H-pyrrole nitrogens is 1. The molecule has 0 fully saturated rings. The second-order valence-corrected chi connectivity index (χ2v) is 8.99. The van der Waals surface area contributed by atoms with Gasteiger partial charge in [0.05, 0.1) is 31.3 Å². The Morgan fingerprint density at radius 2 is 1.97 bits per heavy atom. The normalized spacial score (nSPS) is 22.4. The van der Waals surface area contributed by atoms with Gasteiger partial charge in [0.2, 0.25) is 17.2 Å². The minimum absolute atomic E-state index is 0.114. The number of imidazole rings is 1. The molecule has 34 heavy (non-hydrogen) atoms. The summed E-state index contributed by atoms with van der Waals surface area (Å²) in [5.41, 5.74) is 0.986. The number of benzene rings is 2. The number of fused-ring (bicyclic) bond motifs is 2. The Morgan fingerprint density at radius 1 is 1.24 bits per heavy atom. The van der Waals surface area contributed by atoms with Crippen molar-refractivity contribution in [2.24, 2.45) is 5.92 Å². The Balaban J connectivity index is 1.45. The first-order valence-electron chi connectivity index (χ1n) is 10.9. The van der Waals surface area contributed by atoms with Crippen molar-refractivity contribution in [2.45, 2.75) is 31.9 Å². The number of hydrogen-bond donors (Lipinski definition) is 2. The second-order valence-electron chi connectivity index (χ2n) is 8.61. The molecule has 8 nitrogen and oxygen atoms in total. The number of Topliss-reactive ketones (excluding diaryl/α,β-unsaturated/α-hetero) is 1. The van der Waals surface area contributed by atoms with Gasteiger partial charge in [0.1, 0.15) is 27.9 Å². The number of nitrogens with zero attached hydrogens (tertiary/aromatic N) is 1. The van der Waals surface area contributed by atoms with Gasteiger partial charge in [-0.05, 0) is 25.5 Å². The van der Waals surface area contributed by atoms with Crippen molar-refractivity contribution in [3.8, 4) is 17.2 Å². The SMILES string of the molecule is COc1cc(OC)c2c(c1Cl)O[C@@]1(C(=O)C=C(N[C@@H](C)c3nc4ccccc4[nH]3)C[C@H]1C)C2=O. The van der Waals surface area contributed by atoms with Gasteiger partial charge < -0.3 is 24.5 Å². The van der Waals surface area contributed by atoms with Crippen LogP contribution in [0.5, 0.6) is 17.2 Å². The highest BCUT2D eigenvalue weighted by atomic mass is 35.5. The molecule has 0 radical (unpaired) electrons. The molecule has 1 aliphatic carbocycles. The summed E-state index contributed by atoms with van der Waals surface area (Å²) in [7, 11) is 2.90. The fraction of sp³-hybridized carbons (Fsp3) is 0.320. The van der Waals surface area contributed by atoms with E-state index in [-0.39, 0.29) is 28.1 Å². The van der Waals surface area contributed by atoms with Gasteiger partial charge in [-0.15, -0.1) is 0 Å². The van der Waals surface area contributed by atoms with E-state index in [4.69, 9.17) is 25.8 Å². The number of carbonyl (C=O) groups is 2. The highest BCUT2D eigenvalue weighted by Crippen LogP contribution is 2.53. The number of carbonyl (C=O) groups excluding carboxylic acids is 2. The zero-order valence-corrected chi connectivity index (χ0v) is 19.9. The predicted octanol–water partition coefficient (Wildman–Crippen LogP) is 4.39. The third kappa shape index (κ3) is 3.16. The average Bonchev–Trinajstić information content (AvgIpc) is 3.39. The molecule has 5 rings (SSSR count). The number of rotatable bonds is 5. The van der Waals surface area contributed by atoms with E-state index < -0.39 is 23.1 Å². The highest BCUT2D eigenvalue weighted by Gasteiger charge is 2.60. The minimum Gasteiger partial charge on any atom is -0.496 e. The first-order chi connectivity index (χ1) is 16.3. The van der Waals surface area contributed by atoms with Gasteiger partial charge in [0, 0.05) is 23.8 Å². The monoisotopic (exact) mass is 481 g/mol. The summed E-state index contributed by atoms with van der Waals surface area (Å²) in [5.74, 6) is 0.0725. The number of nitrogens with one attached hydrogen (secondary N) is 2. The summed E-state index contributed by atoms with van der Waals surface area (Å²) >= 11 is 6.44. The first-order valence-corrected chi connectivity index (χ1v) is 11.3. The van der Waals surface area contributed by atoms with Gasteiger partial charge in [0.25, 0.3) is 0 Å². The number of allylic oxidation sites excluding steroid dienone is 1. The molecule has 2 N–H and O–H groups in total. The molecule has 9 heteroatoms. The van der Waals surface area contributed by atoms with E-state index in [1.165, 1.54) is 26.4 Å². The first kappa shape index (κ1) is 22.3. The molecule has 0 amide bonds. The largest absolute Gasteiger partial charge is 0.496 e. The Kier molecular flexibility index (Phi) is 5.28. The van der Waals surface area contributed by atoms with Crippen molar-refractivity contribution < 1.29 is 23.8 Å². The van der Waals surface area contributed by atoms with E-state index in [1.807, 2.05) is 38.1 Å². The number of ether oxygens (including phenoxy) is 3. The summed E-state index contributed by atoms with van der Waals surface area (Å²) in [5, 5.41) is 3.49. The summed E-state index contributed by atoms with van der Waals surface area (Å²) in [6.45, 7) is 3.78. The Bertz CT molecular complexity index is 1330. The van der Waals surface area contributed by atoms with Gasteiger partial charge in [0.15, 0.2) is 5.75 Å². The van der Waals surface area contributed by atoms with Crippen molar-refractivity contribution >= 4 is 34.2 Å². The van der Waals surface area contributed by atoms with Crippen LogP contribution in [0.4, 0.5) is 0 Å². The van der Waals surface area contributed by atoms with Crippen LogP contribution < -0.4 is 19.5 Å². The van der Waals surface area contributed by atoms with E-state index >= 15 is 0 Å². The lowest BCUT2D eigenvalue weighted by atomic mass is 9.74. The fourth-order valence-electron chi connectivity index (χ4n) is 4.75. The Labute approximate surface area is 201 Å². The number of aromatic amines is 1. The summed E-state index contributed by atoms with van der Waals surface area (Å²) < 4.78 is 16.8. The average molecular weight is 482 g/mol. The summed E-state index contributed by atoms with van der Waals surface area (Å²) in [4.78, 5) is 34.9. The number of methoxy groups -OCH3 is 2. The van der Waals surface area contributed by atoms with Crippen LogP contribution in [0.15, 0.2) is 42.1 Å². The van der Waals surface area contributed by atoms with Crippen LogP contribution in [0.3, 0.4) is 0 Å². The molecule has 0 unspecified atom stereocenters. The molecule has 2 aliphatic rings. The van der Waals surface area contributed by atoms with E-state index in [1.54, 1.807) is 0 Å². The maximum Gasteiger partial charge on any atom is 0.236 e. The molecule has 1 aliphatic heterocycles. The molecular weight excluding hydrogens is 458 g/mol. The highest BCUT2D eigenvalue weighted by molar-refractivity contribution is 6.36. The summed E-state index contributed by atoms with van der Waals surface area (Å²) in [6.07, 6.45) is 1.87. The summed E-state index contributed by atoms with van der Waals surface area (Å²) in [6, 6.07) is 9.12. The third-order valence-corrected chi connectivity index (χ3v) is 6.89. The van der Waals surface area contributed by atoms with Crippen LogP contribution in [-0.4, -0.2) is 41.4 Å². The second kappa shape index (κ2) is 8.06. The van der Waals surface area contributed by atoms with Gasteiger partial charge in [-0.1, -0.05) is 30.7 Å². The smallest absolute Gasteiger partial charge is 0.236 e. The molecular formula is C25H24ClN3O5. The van der Waals surface area contributed by atoms with E-state index in [2.05, 4.69) is 15.3 Å². The topological polar surface area (TPSA) is 103 Å². The zero-order valence-electron chi connectivity index (χ0n) is 19.2. The molecule has 0 saturated carbocycles. The Morgan fingerprint density at radius 3 is 2.65 bits per heavy atom. The van der Waals surface area contributed by atoms with Crippen LogP contribution in [0.1, 0.15) is 42.5 Å². The predicted molar refractivity (Wildman–Crippen MR) is 127 cm³/mol. The lowest BCUT2D eigenvalue weighted by Gasteiger charge is -2.35. The van der Waals surface area contributed by atoms with Crippen LogP contribution in [0.25, 0.3) is 11.0 Å². The number of halogens is 1. The lowest BCUT2D eigenvalue weighted by Crippen LogP contribution is -2.55. The van der Waals surface area contributed by atoms with Crippen molar-refractivity contribution in [3.05, 3.63) is 58.5 Å². The van der Waals surface area contributed by atoms with Crippen molar-refractivity contribution in [1.29, 1.82) is 0 Å². The van der Waals surface area contributed by atoms with Crippen molar-refractivity contribution in [3.63, 3.8) is 0 Å². The van der Waals surface area contributed by atoms with Gasteiger partial charge >= 0.3 is 0 Å². The van der Waals surface area contributed by atoms with Crippen molar-refractivity contribution in [2.75, 3.05) is 14.2 Å². The molecule has 1 spiro atoms. The molecule has 1 aromatic heterocycles. The zero-order chi connectivity index (χ0) is 24.2. The number of aromatic nitrogens is 2. The molecule has 0 bridgehead atoms. The van der Waals surface area contributed by atoms with E-state index in [0.29, 0.717) is 17.9 Å². The number of hydrogen-bond acceptors (Lipinski definition) is 7. The molecule has 3 aromatic rings. The molecule has 176 valence electrons. The van der Waals surface area contributed by atoms with Gasteiger partial charge in [-0.3, -0.25) is 9.59 Å². The maximum absolute atomic E-state index is 13.6. The van der Waals surface area contributed by atoms with E-state index in [9.17, 15) is 9.59 Å². The van der Waals surface area contributed by atoms with Gasteiger partial charge in [-0.2, -0.15) is 0 Å². The quantitative estimate of drug-likeness (QED) is 0.521. The maximum atomic E-state index is 13.6. The number of para-hydroxylation sites is 2. The van der Waals surface area contributed by atoms with Crippen LogP contribution in [0, 0.1) is 5.92 Å². The molecule has 3 atom stereocenters. The fourth-order valence-corrected chi connectivity index (χ4v) is 5.02. The molecule has 2 heterocycles. The number of ketones is 2. The van der Waals surface area contributed by atoms with Crippen molar-refractivity contribution in [1.82, 2.24) is 15.3 Å². The third-order valence-electron chi connectivity index (χ3n) is 6.53. The van der Waals surface area contributed by atoms with Crippen LogP contribution in [0.2, 0.25) is 5.02 Å². The minimum atomic E-state index is -1.70. The van der Waals surface area contributed by atoms with E-state index in [0.717, 1.165) is 16.9 Å². The molecule has 0 saturated heterocycles. The standard InChI is InChI=1S/C25H24ClN3O5/c1-12-9-14(27-13(2)24-28-15-7-5-6-8-16(15)29-24)10-19(30)25(12)23(31)20-17(32-3)11-18(33-4)21(26)22(20)34-25/h5-8,10-13,27H,9H2,1-4H3,(H,28,29)/t12-,13+,25+/m1/s1. The van der Waals surface area contributed by atoms with Crippen LogP contribution in [-0.2, 0) is 4.79 Å². The van der Waals surface area contributed by atoms with Crippen LogP contribution >= 0.6 is 11.6 Å². The lowest BCUT2D eigenvalue weighted by molar-refractivity contribution is -0.129. The Hall–Kier alpha value is -3.52.